The zero-order valence-corrected chi connectivity index (χ0v) is 17.2. The number of carbonyl (C=O) groups is 2. The molecule has 0 bridgehead atoms. The van der Waals surface area contributed by atoms with E-state index in [4.69, 9.17) is 9.47 Å². The fourth-order valence-corrected chi connectivity index (χ4v) is 3.90. The summed E-state index contributed by atoms with van der Waals surface area (Å²) in [5.74, 6) is 0.107. The van der Waals surface area contributed by atoms with Crippen molar-refractivity contribution in [2.24, 2.45) is 0 Å². The van der Waals surface area contributed by atoms with Crippen molar-refractivity contribution >= 4 is 28.8 Å². The first-order valence-corrected chi connectivity index (χ1v) is 10.2. The largest absolute Gasteiger partial charge is 0.479 e. The fraction of sp³-hybridized carbons (Fsp3) is 0.450. The van der Waals surface area contributed by atoms with Crippen molar-refractivity contribution in [1.82, 2.24) is 10.3 Å². The number of ether oxygens (including phenoxy) is 2. The topological polar surface area (TPSA) is 80.8 Å². The molecule has 0 fully saturated rings. The second kappa shape index (κ2) is 9.16. The van der Waals surface area contributed by atoms with E-state index in [1.54, 1.807) is 25.4 Å². The van der Waals surface area contributed by atoms with E-state index >= 15 is 0 Å². The monoisotopic (exact) mass is 403 g/mol. The number of hydrogen-bond acceptors (Lipinski definition) is 6. The van der Waals surface area contributed by atoms with Crippen molar-refractivity contribution in [1.29, 1.82) is 0 Å². The lowest BCUT2D eigenvalue weighted by Crippen LogP contribution is -2.49. The lowest BCUT2D eigenvalue weighted by Gasteiger charge is -2.32. The van der Waals surface area contributed by atoms with Gasteiger partial charge in [0.1, 0.15) is 12.3 Å². The van der Waals surface area contributed by atoms with Crippen molar-refractivity contribution in [2.45, 2.75) is 32.8 Å². The third-order valence-electron chi connectivity index (χ3n) is 4.41. The number of anilines is 1. The zero-order chi connectivity index (χ0) is 20.1. The van der Waals surface area contributed by atoms with Gasteiger partial charge >= 0.3 is 0 Å². The van der Waals surface area contributed by atoms with Crippen molar-refractivity contribution in [3.05, 3.63) is 28.6 Å². The Hall–Kier alpha value is -2.45. The fourth-order valence-electron chi connectivity index (χ4n) is 2.99. The molecule has 1 unspecified atom stereocenters. The number of benzene rings is 1. The number of aryl methyl sites for hydroxylation is 1. The molecule has 2 heterocycles. The summed E-state index contributed by atoms with van der Waals surface area (Å²) in [6.45, 7) is 4.57. The van der Waals surface area contributed by atoms with Crippen LogP contribution in [0.2, 0.25) is 0 Å². The van der Waals surface area contributed by atoms with Gasteiger partial charge in [0.15, 0.2) is 6.10 Å². The van der Waals surface area contributed by atoms with Gasteiger partial charge in [0.05, 0.1) is 23.0 Å². The van der Waals surface area contributed by atoms with Crippen LogP contribution >= 0.6 is 11.3 Å². The summed E-state index contributed by atoms with van der Waals surface area (Å²) >= 11 is 1.63. The Labute approximate surface area is 168 Å². The molecule has 1 N–H and O–H groups in total. The summed E-state index contributed by atoms with van der Waals surface area (Å²) in [6, 6.07) is 5.64. The van der Waals surface area contributed by atoms with Gasteiger partial charge in [0.2, 0.25) is 5.91 Å². The molecule has 1 aromatic heterocycles. The van der Waals surface area contributed by atoms with Crippen LogP contribution in [0.15, 0.2) is 23.6 Å². The minimum atomic E-state index is -0.638. The number of rotatable bonds is 8. The standard InChI is InChI=1S/C20H25N3O4S/c1-4-5-19-22-15(12-28-19)14-6-7-17-16(10-14)23(20(25)13(2)27-17)11-18(24)21-8-9-26-3/h6-7,10,12-13H,4-5,8-9,11H2,1-3H3,(H,21,24). The number of hydrogen-bond donors (Lipinski definition) is 1. The third-order valence-corrected chi connectivity index (χ3v) is 5.32. The highest BCUT2D eigenvalue weighted by Gasteiger charge is 2.33. The summed E-state index contributed by atoms with van der Waals surface area (Å²) in [5.41, 5.74) is 2.35. The molecule has 0 saturated carbocycles. The first-order valence-electron chi connectivity index (χ1n) is 9.36. The van der Waals surface area contributed by atoms with Crippen LogP contribution in [0.3, 0.4) is 0 Å². The van der Waals surface area contributed by atoms with E-state index in [2.05, 4.69) is 17.2 Å². The Kier molecular flexibility index (Phi) is 6.64. The van der Waals surface area contributed by atoms with Gasteiger partial charge in [-0.1, -0.05) is 6.92 Å². The molecule has 1 aromatic carbocycles. The molecule has 0 aliphatic carbocycles. The van der Waals surface area contributed by atoms with E-state index in [1.807, 2.05) is 23.6 Å². The zero-order valence-electron chi connectivity index (χ0n) is 16.4. The quantitative estimate of drug-likeness (QED) is 0.686. The maximum atomic E-state index is 12.7. The van der Waals surface area contributed by atoms with Gasteiger partial charge in [-0.15, -0.1) is 11.3 Å². The summed E-state index contributed by atoms with van der Waals surface area (Å²) in [6.07, 6.45) is 1.35. The Morgan fingerprint density at radius 2 is 2.25 bits per heavy atom. The van der Waals surface area contributed by atoms with Gasteiger partial charge in [-0.05, 0) is 38.0 Å². The molecule has 150 valence electrons. The van der Waals surface area contributed by atoms with Crippen LogP contribution in [0.25, 0.3) is 11.3 Å². The molecule has 0 radical (unpaired) electrons. The van der Waals surface area contributed by atoms with Gasteiger partial charge in [0, 0.05) is 24.6 Å². The Balaban J connectivity index is 1.86. The molecule has 2 amide bonds. The molecular formula is C20H25N3O4S. The summed E-state index contributed by atoms with van der Waals surface area (Å²) in [5, 5.41) is 5.86. The number of nitrogens with one attached hydrogen (secondary N) is 1. The Bertz CT molecular complexity index is 852. The van der Waals surface area contributed by atoms with Crippen LogP contribution < -0.4 is 15.0 Å². The van der Waals surface area contributed by atoms with E-state index in [0.29, 0.717) is 24.6 Å². The molecule has 7 nitrogen and oxygen atoms in total. The first-order chi connectivity index (χ1) is 13.5. The molecular weight excluding hydrogens is 378 g/mol. The number of amides is 2. The minimum absolute atomic E-state index is 0.0646. The molecule has 0 spiro atoms. The maximum absolute atomic E-state index is 12.7. The average molecular weight is 404 g/mol. The third kappa shape index (κ3) is 4.51. The predicted octanol–water partition coefficient (Wildman–Crippen LogP) is 2.64. The van der Waals surface area contributed by atoms with E-state index in [1.165, 1.54) is 4.90 Å². The SMILES string of the molecule is CCCc1nc(-c2ccc3c(c2)N(CC(=O)NCCOC)C(=O)C(C)O3)cs1. The van der Waals surface area contributed by atoms with Gasteiger partial charge in [-0.2, -0.15) is 0 Å². The van der Waals surface area contributed by atoms with Crippen molar-refractivity contribution in [3.8, 4) is 17.0 Å². The first kappa shape index (κ1) is 20.3. The van der Waals surface area contributed by atoms with Crippen molar-refractivity contribution in [2.75, 3.05) is 31.7 Å². The summed E-state index contributed by atoms with van der Waals surface area (Å²) < 4.78 is 10.7. The normalized spacial score (nSPS) is 15.9. The number of fused-ring (bicyclic) bond motifs is 1. The lowest BCUT2D eigenvalue weighted by atomic mass is 10.1. The van der Waals surface area contributed by atoms with Crippen LogP contribution in [-0.4, -0.2) is 49.7 Å². The molecule has 3 rings (SSSR count). The molecule has 1 aliphatic rings. The minimum Gasteiger partial charge on any atom is -0.479 e. The molecule has 0 saturated heterocycles. The highest BCUT2D eigenvalue weighted by Crippen LogP contribution is 2.37. The maximum Gasteiger partial charge on any atom is 0.268 e. The van der Waals surface area contributed by atoms with Gasteiger partial charge in [-0.3, -0.25) is 14.5 Å². The van der Waals surface area contributed by atoms with Crippen LogP contribution in [0, 0.1) is 0 Å². The van der Waals surface area contributed by atoms with Crippen LogP contribution in [0.4, 0.5) is 5.69 Å². The number of nitrogens with zero attached hydrogens (tertiary/aromatic N) is 2. The Morgan fingerprint density at radius 3 is 3.00 bits per heavy atom. The molecule has 1 aliphatic heterocycles. The van der Waals surface area contributed by atoms with Crippen LogP contribution in [0.5, 0.6) is 5.75 Å². The van der Waals surface area contributed by atoms with E-state index in [0.717, 1.165) is 29.1 Å². The molecule has 28 heavy (non-hydrogen) atoms. The number of carbonyl (C=O) groups excluding carboxylic acids is 2. The molecule has 1 atom stereocenters. The highest BCUT2D eigenvalue weighted by atomic mass is 32.1. The van der Waals surface area contributed by atoms with E-state index in [9.17, 15) is 9.59 Å². The predicted molar refractivity (Wildman–Crippen MR) is 109 cm³/mol. The van der Waals surface area contributed by atoms with Crippen molar-refractivity contribution in [3.63, 3.8) is 0 Å². The summed E-state index contributed by atoms with van der Waals surface area (Å²) in [7, 11) is 1.57. The van der Waals surface area contributed by atoms with E-state index in [-0.39, 0.29) is 18.4 Å². The van der Waals surface area contributed by atoms with Crippen LogP contribution in [0.1, 0.15) is 25.3 Å². The highest BCUT2D eigenvalue weighted by molar-refractivity contribution is 7.09. The Morgan fingerprint density at radius 1 is 1.43 bits per heavy atom. The van der Waals surface area contributed by atoms with Gasteiger partial charge in [-0.25, -0.2) is 4.98 Å². The molecule has 2 aromatic rings. The molecule has 8 heteroatoms. The second-order valence-corrected chi connectivity index (χ2v) is 7.53. The smallest absolute Gasteiger partial charge is 0.268 e. The van der Waals surface area contributed by atoms with Gasteiger partial charge < -0.3 is 14.8 Å². The second-order valence-electron chi connectivity index (χ2n) is 6.59. The van der Waals surface area contributed by atoms with Gasteiger partial charge in [0.25, 0.3) is 5.91 Å². The number of aromatic nitrogens is 1. The number of methoxy groups -OCH3 is 1. The summed E-state index contributed by atoms with van der Waals surface area (Å²) in [4.78, 5) is 31.1. The van der Waals surface area contributed by atoms with Crippen LogP contribution in [-0.2, 0) is 20.7 Å². The average Bonchev–Trinajstić information content (AvgIpc) is 3.14. The lowest BCUT2D eigenvalue weighted by molar-refractivity contribution is -0.128. The van der Waals surface area contributed by atoms with Crippen molar-refractivity contribution < 1.29 is 19.1 Å². The van der Waals surface area contributed by atoms with E-state index < -0.39 is 6.10 Å². The number of thiazole rings is 1.